The van der Waals surface area contributed by atoms with Crippen LogP contribution < -0.4 is 14.2 Å². The van der Waals surface area contributed by atoms with Gasteiger partial charge in [0.05, 0.1) is 31.4 Å². The number of nitriles is 1. The summed E-state index contributed by atoms with van der Waals surface area (Å²) in [5, 5.41) is 9.67. The Morgan fingerprint density at radius 1 is 0.839 bits per heavy atom. The third kappa shape index (κ3) is 4.02. The molecule has 0 unspecified atom stereocenters. The second-order valence-electron chi connectivity index (χ2n) is 6.68. The van der Waals surface area contributed by atoms with Crippen LogP contribution in [0, 0.1) is 11.3 Å². The zero-order valence-electron chi connectivity index (χ0n) is 17.0. The molecule has 0 spiro atoms. The Hall–Kier alpha value is -4.37. The predicted octanol–water partition coefficient (Wildman–Crippen LogP) is 5.15. The molecule has 0 bridgehead atoms. The molecule has 0 aliphatic heterocycles. The Labute approximate surface area is 179 Å². The third-order valence-corrected chi connectivity index (χ3v) is 4.83. The first-order valence-corrected chi connectivity index (χ1v) is 9.46. The lowest BCUT2D eigenvalue weighted by Gasteiger charge is -2.12. The van der Waals surface area contributed by atoms with Crippen molar-refractivity contribution in [2.24, 2.45) is 0 Å². The summed E-state index contributed by atoms with van der Waals surface area (Å²) in [6.45, 7) is 0. The smallest absolute Gasteiger partial charge is 0.193 e. The molecule has 3 aromatic carbocycles. The molecule has 0 fully saturated rings. The zero-order valence-corrected chi connectivity index (χ0v) is 17.0. The van der Waals surface area contributed by atoms with Crippen molar-refractivity contribution in [1.29, 1.82) is 5.26 Å². The molecule has 0 aliphatic carbocycles. The number of carbonyl (C=O) groups is 1. The lowest BCUT2D eigenvalue weighted by Crippen LogP contribution is -2.01. The molecule has 0 radical (unpaired) electrons. The maximum absolute atomic E-state index is 12.7. The van der Waals surface area contributed by atoms with Crippen LogP contribution in [0.5, 0.6) is 23.0 Å². The van der Waals surface area contributed by atoms with Crippen molar-refractivity contribution < 1.29 is 19.0 Å². The monoisotopic (exact) mass is 410 g/mol. The Kier molecular flexibility index (Phi) is 5.50. The molecule has 6 heteroatoms. The number of carbonyl (C=O) groups excluding carboxylic acids is 1. The number of ketones is 1. The molecule has 31 heavy (non-hydrogen) atoms. The molecule has 1 aromatic heterocycles. The number of fused-ring (bicyclic) bond motifs is 1. The van der Waals surface area contributed by atoms with Gasteiger partial charge in [0.15, 0.2) is 17.3 Å². The van der Waals surface area contributed by atoms with Gasteiger partial charge in [0.1, 0.15) is 11.5 Å². The summed E-state index contributed by atoms with van der Waals surface area (Å²) in [5.74, 6) is 2.24. The Bertz CT molecular complexity index is 1290. The van der Waals surface area contributed by atoms with Crippen molar-refractivity contribution in [2.75, 3.05) is 14.2 Å². The van der Waals surface area contributed by atoms with Crippen LogP contribution in [0.15, 0.2) is 72.9 Å². The average Bonchev–Trinajstić information content (AvgIpc) is 2.83. The first kappa shape index (κ1) is 19.9. The number of aromatic nitrogens is 1. The molecule has 1 heterocycles. The van der Waals surface area contributed by atoms with E-state index in [1.165, 1.54) is 0 Å². The topological polar surface area (TPSA) is 81.4 Å². The second-order valence-corrected chi connectivity index (χ2v) is 6.68. The van der Waals surface area contributed by atoms with Gasteiger partial charge in [-0.1, -0.05) is 0 Å². The molecule has 4 rings (SSSR count). The van der Waals surface area contributed by atoms with E-state index in [-0.39, 0.29) is 5.78 Å². The molecule has 4 aromatic rings. The van der Waals surface area contributed by atoms with Crippen molar-refractivity contribution in [3.8, 4) is 29.1 Å². The zero-order chi connectivity index (χ0) is 21.8. The molecule has 0 atom stereocenters. The van der Waals surface area contributed by atoms with Crippen molar-refractivity contribution in [1.82, 2.24) is 4.98 Å². The van der Waals surface area contributed by atoms with E-state index in [1.807, 2.05) is 12.1 Å². The number of rotatable bonds is 6. The van der Waals surface area contributed by atoms with Crippen LogP contribution in [-0.4, -0.2) is 25.0 Å². The minimum absolute atomic E-state index is 0.123. The van der Waals surface area contributed by atoms with Crippen molar-refractivity contribution in [3.63, 3.8) is 0 Å². The maximum Gasteiger partial charge on any atom is 0.193 e. The van der Waals surface area contributed by atoms with Gasteiger partial charge in [0.2, 0.25) is 0 Å². The van der Waals surface area contributed by atoms with E-state index in [2.05, 4.69) is 4.98 Å². The van der Waals surface area contributed by atoms with Crippen LogP contribution in [0.1, 0.15) is 21.5 Å². The fourth-order valence-electron chi connectivity index (χ4n) is 3.20. The van der Waals surface area contributed by atoms with Crippen molar-refractivity contribution in [3.05, 3.63) is 89.6 Å². The average molecular weight is 410 g/mol. The van der Waals surface area contributed by atoms with Crippen molar-refractivity contribution in [2.45, 2.75) is 0 Å². The summed E-state index contributed by atoms with van der Waals surface area (Å²) in [5.41, 5.74) is 2.28. The Balaban J connectivity index is 1.59. The number of hydrogen-bond donors (Lipinski definition) is 0. The second kappa shape index (κ2) is 8.56. The molecular formula is C25H18N2O4. The van der Waals surface area contributed by atoms with E-state index in [0.29, 0.717) is 45.2 Å². The number of pyridine rings is 1. The molecular weight excluding hydrogens is 392 g/mol. The van der Waals surface area contributed by atoms with E-state index >= 15 is 0 Å². The number of benzene rings is 3. The van der Waals surface area contributed by atoms with Gasteiger partial charge < -0.3 is 14.2 Å². The first-order valence-electron chi connectivity index (χ1n) is 9.46. The van der Waals surface area contributed by atoms with Crippen LogP contribution in [0.25, 0.3) is 10.9 Å². The molecule has 0 saturated carbocycles. The Morgan fingerprint density at radius 2 is 1.45 bits per heavy atom. The minimum Gasteiger partial charge on any atom is -0.493 e. The summed E-state index contributed by atoms with van der Waals surface area (Å²) in [6, 6.07) is 20.9. The highest BCUT2D eigenvalue weighted by Gasteiger charge is 2.13. The fraction of sp³-hybridized carbons (Fsp3) is 0.0800. The largest absolute Gasteiger partial charge is 0.493 e. The minimum atomic E-state index is -0.123. The normalized spacial score (nSPS) is 10.4. The van der Waals surface area contributed by atoms with Gasteiger partial charge in [0.25, 0.3) is 0 Å². The maximum atomic E-state index is 12.7. The Morgan fingerprint density at radius 3 is 2.06 bits per heavy atom. The SMILES string of the molecule is COc1cc2nccc(Oc3ccc(C(=O)c4ccc(C#N)cc4)cc3)c2cc1OC. The van der Waals surface area contributed by atoms with Gasteiger partial charge in [-0.05, 0) is 60.7 Å². The fourth-order valence-corrected chi connectivity index (χ4v) is 3.20. The number of ether oxygens (including phenoxy) is 3. The number of methoxy groups -OCH3 is 2. The third-order valence-electron chi connectivity index (χ3n) is 4.83. The quantitative estimate of drug-likeness (QED) is 0.409. The summed E-state index contributed by atoms with van der Waals surface area (Å²) >= 11 is 0. The van der Waals surface area contributed by atoms with Crippen LogP contribution in [0.2, 0.25) is 0 Å². The van der Waals surface area contributed by atoms with Crippen LogP contribution >= 0.6 is 0 Å². The number of nitrogens with zero attached hydrogens (tertiary/aromatic N) is 2. The summed E-state index contributed by atoms with van der Waals surface area (Å²) < 4.78 is 16.8. The van der Waals surface area contributed by atoms with Crippen LogP contribution in [-0.2, 0) is 0 Å². The van der Waals surface area contributed by atoms with Gasteiger partial charge >= 0.3 is 0 Å². The van der Waals surface area contributed by atoms with Crippen LogP contribution in [0.4, 0.5) is 0 Å². The number of hydrogen-bond acceptors (Lipinski definition) is 6. The highest BCUT2D eigenvalue weighted by Crippen LogP contribution is 2.36. The predicted molar refractivity (Wildman–Crippen MR) is 116 cm³/mol. The lowest BCUT2D eigenvalue weighted by molar-refractivity contribution is 0.103. The molecule has 6 nitrogen and oxygen atoms in total. The van der Waals surface area contributed by atoms with Gasteiger partial charge in [-0.25, -0.2) is 0 Å². The standard InChI is InChI=1S/C25H18N2O4/c1-29-23-13-20-21(14-24(23)30-2)27-12-11-22(20)31-19-9-7-18(8-10-19)25(28)17-5-3-16(15-26)4-6-17/h3-14H,1-2H3. The molecule has 0 aliphatic rings. The van der Waals surface area contributed by atoms with Crippen molar-refractivity contribution >= 4 is 16.7 Å². The molecule has 0 N–H and O–H groups in total. The highest BCUT2D eigenvalue weighted by molar-refractivity contribution is 6.09. The van der Waals surface area contributed by atoms with Crippen LogP contribution in [0.3, 0.4) is 0 Å². The first-order chi connectivity index (χ1) is 15.1. The van der Waals surface area contributed by atoms with E-state index in [4.69, 9.17) is 19.5 Å². The highest BCUT2D eigenvalue weighted by atomic mass is 16.5. The van der Waals surface area contributed by atoms with E-state index < -0.39 is 0 Å². The van der Waals surface area contributed by atoms with Gasteiger partial charge in [-0.15, -0.1) is 0 Å². The molecule has 0 saturated heterocycles. The van der Waals surface area contributed by atoms with Gasteiger partial charge in [0, 0.05) is 28.8 Å². The van der Waals surface area contributed by atoms with Gasteiger partial charge in [-0.2, -0.15) is 5.26 Å². The lowest BCUT2D eigenvalue weighted by atomic mass is 10.0. The summed E-state index contributed by atoms with van der Waals surface area (Å²) in [6.07, 6.45) is 1.66. The summed E-state index contributed by atoms with van der Waals surface area (Å²) in [7, 11) is 3.15. The van der Waals surface area contributed by atoms with E-state index in [1.54, 1.807) is 81.1 Å². The van der Waals surface area contributed by atoms with E-state index in [9.17, 15) is 4.79 Å². The molecule has 0 amide bonds. The van der Waals surface area contributed by atoms with Gasteiger partial charge in [-0.3, -0.25) is 9.78 Å². The molecule has 152 valence electrons. The summed E-state index contributed by atoms with van der Waals surface area (Å²) in [4.78, 5) is 17.0. The van der Waals surface area contributed by atoms with E-state index in [0.717, 1.165) is 5.39 Å².